The van der Waals surface area contributed by atoms with E-state index in [1.54, 1.807) is 23.9 Å². The van der Waals surface area contributed by atoms with Gasteiger partial charge in [0.15, 0.2) is 5.03 Å². The Morgan fingerprint density at radius 2 is 1.62 bits per heavy atom. The maximum absolute atomic E-state index is 12.8. The van der Waals surface area contributed by atoms with Gasteiger partial charge >= 0.3 is 24.3 Å². The Bertz CT molecular complexity index is 1170. The van der Waals surface area contributed by atoms with Gasteiger partial charge in [0.25, 0.3) is 10.0 Å². The molecule has 0 saturated heterocycles. The smallest absolute Gasteiger partial charge is 0.475 e. The highest BCUT2D eigenvalue weighted by molar-refractivity contribution is 7.89. The number of hydrogen-bond donors (Lipinski definition) is 2. The highest BCUT2D eigenvalue weighted by atomic mass is 32.2. The molecular weight excluding hydrogens is 540 g/mol. The second-order valence-electron chi connectivity index (χ2n) is 7.04. The van der Waals surface area contributed by atoms with Crippen LogP contribution in [0, 0.1) is 0 Å². The van der Waals surface area contributed by atoms with Gasteiger partial charge in [-0.1, -0.05) is 12.1 Å². The van der Waals surface area contributed by atoms with Gasteiger partial charge in [0.05, 0.1) is 6.33 Å². The molecule has 1 aliphatic rings. The third-order valence-electron chi connectivity index (χ3n) is 4.25. The average molecular weight is 561 g/mol. The predicted molar refractivity (Wildman–Crippen MR) is 115 cm³/mol. The molecule has 2 N–H and O–H groups in total. The summed E-state index contributed by atoms with van der Waals surface area (Å²) in [4.78, 5) is 28.2. The van der Waals surface area contributed by atoms with Crippen LogP contribution >= 0.6 is 0 Å². The number of carbonyl (C=O) groups is 2. The molecule has 206 valence electrons. The molecule has 2 aromatic rings. The lowest BCUT2D eigenvalue weighted by atomic mass is 10.2. The number of pyridine rings is 1. The van der Waals surface area contributed by atoms with E-state index in [9.17, 15) is 34.8 Å². The van der Waals surface area contributed by atoms with Crippen molar-refractivity contribution in [2.45, 2.75) is 23.9 Å². The van der Waals surface area contributed by atoms with Crippen LogP contribution in [0.2, 0.25) is 0 Å². The molecule has 11 nitrogen and oxygen atoms in total. The maximum atomic E-state index is 12.8. The number of sulfonamides is 1. The van der Waals surface area contributed by atoms with Crippen molar-refractivity contribution < 1.29 is 54.6 Å². The van der Waals surface area contributed by atoms with Gasteiger partial charge in [0.2, 0.25) is 0 Å². The minimum atomic E-state index is -5.08. The summed E-state index contributed by atoms with van der Waals surface area (Å²) in [7, 11) is -1.88. The molecule has 0 aliphatic carbocycles. The molecule has 37 heavy (non-hydrogen) atoms. The summed E-state index contributed by atoms with van der Waals surface area (Å²) < 4.78 is 92.2. The van der Waals surface area contributed by atoms with Crippen LogP contribution in [0.3, 0.4) is 0 Å². The number of alkyl halides is 6. The molecule has 0 unspecified atom stereocenters. The van der Waals surface area contributed by atoms with Gasteiger partial charge in [-0.2, -0.15) is 30.6 Å². The van der Waals surface area contributed by atoms with E-state index in [1.807, 2.05) is 17.0 Å². The SMILES string of the molecule is C=CCN1CCN(S(=O)(=O)c2cn(C)cn2)Cc2cccnc21.O=C(O)C(F)(F)F.O=C(O)C(F)(F)F. The van der Waals surface area contributed by atoms with E-state index in [1.165, 1.54) is 16.8 Å². The number of aromatic nitrogens is 3. The van der Waals surface area contributed by atoms with Crippen LogP contribution in [0.4, 0.5) is 32.2 Å². The average Bonchev–Trinajstić information content (AvgIpc) is 3.13. The Morgan fingerprint density at radius 3 is 2.05 bits per heavy atom. The largest absolute Gasteiger partial charge is 0.490 e. The Balaban J connectivity index is 0.000000404. The highest BCUT2D eigenvalue weighted by Crippen LogP contribution is 2.25. The van der Waals surface area contributed by atoms with Gasteiger partial charge in [0.1, 0.15) is 5.82 Å². The molecular formula is C19H21F6N5O6S. The van der Waals surface area contributed by atoms with Crippen LogP contribution in [0.25, 0.3) is 0 Å². The van der Waals surface area contributed by atoms with Gasteiger partial charge in [-0.3, -0.25) is 0 Å². The Hall–Kier alpha value is -3.67. The molecule has 18 heteroatoms. The minimum absolute atomic E-state index is 0.0719. The molecule has 0 bridgehead atoms. The molecule has 0 amide bonds. The number of imidazole rings is 1. The van der Waals surface area contributed by atoms with E-state index in [4.69, 9.17) is 19.8 Å². The monoisotopic (exact) mass is 561 g/mol. The van der Waals surface area contributed by atoms with E-state index in [2.05, 4.69) is 16.5 Å². The molecule has 0 fully saturated rings. The quantitative estimate of drug-likeness (QED) is 0.424. The standard InChI is InChI=1S/C15H19N5O2S.2C2HF3O2/c1-3-7-19-8-9-20(10-13-5-4-6-16-15(13)19)23(21,22)14-11-18(2)12-17-14;2*3-2(4,5)1(6)7/h3-6,11-12H,1,7-10H2,2H3;2*(H,6,7). The zero-order chi connectivity index (χ0) is 28.6. The Labute approximate surface area is 206 Å². The lowest BCUT2D eigenvalue weighted by Gasteiger charge is -2.21. The van der Waals surface area contributed by atoms with E-state index in [0.29, 0.717) is 19.6 Å². The number of anilines is 1. The van der Waals surface area contributed by atoms with Gasteiger partial charge in [-0.05, 0) is 6.07 Å². The van der Waals surface area contributed by atoms with Crippen molar-refractivity contribution in [3.63, 3.8) is 0 Å². The fraction of sp³-hybridized carbons (Fsp3) is 0.368. The summed E-state index contributed by atoms with van der Waals surface area (Å²) in [6.07, 6.45) is -3.64. The second-order valence-corrected chi connectivity index (χ2v) is 8.93. The van der Waals surface area contributed by atoms with Crippen LogP contribution in [-0.2, 0) is 33.2 Å². The lowest BCUT2D eigenvalue weighted by Crippen LogP contribution is -2.35. The molecule has 2 aromatic heterocycles. The summed E-state index contributed by atoms with van der Waals surface area (Å²) in [5, 5.41) is 14.3. The fourth-order valence-corrected chi connectivity index (χ4v) is 4.01. The van der Waals surface area contributed by atoms with E-state index >= 15 is 0 Å². The lowest BCUT2D eigenvalue weighted by molar-refractivity contribution is -0.193. The van der Waals surface area contributed by atoms with Crippen molar-refractivity contribution in [1.82, 2.24) is 18.8 Å². The highest BCUT2D eigenvalue weighted by Gasteiger charge is 2.39. The minimum Gasteiger partial charge on any atom is -0.475 e. The molecule has 3 rings (SSSR count). The van der Waals surface area contributed by atoms with Crippen molar-refractivity contribution in [3.05, 3.63) is 49.1 Å². The van der Waals surface area contributed by atoms with Crippen LogP contribution in [0.5, 0.6) is 0 Å². The molecule has 0 aromatic carbocycles. The summed E-state index contributed by atoms with van der Waals surface area (Å²) in [5.41, 5.74) is 0.881. The summed E-state index contributed by atoms with van der Waals surface area (Å²) in [6.45, 7) is 5.61. The van der Waals surface area contributed by atoms with Crippen molar-refractivity contribution in [1.29, 1.82) is 0 Å². The number of rotatable bonds is 4. The molecule has 0 spiro atoms. The normalized spacial score (nSPS) is 14.2. The van der Waals surface area contributed by atoms with Crippen LogP contribution < -0.4 is 4.90 Å². The first kappa shape index (κ1) is 31.4. The van der Waals surface area contributed by atoms with Crippen molar-refractivity contribution in [2.75, 3.05) is 24.5 Å². The molecule has 0 saturated carbocycles. The maximum Gasteiger partial charge on any atom is 0.490 e. The first-order chi connectivity index (χ1) is 16.9. The van der Waals surface area contributed by atoms with E-state index < -0.39 is 34.3 Å². The van der Waals surface area contributed by atoms with Crippen LogP contribution in [0.1, 0.15) is 5.56 Å². The molecule has 0 atom stereocenters. The van der Waals surface area contributed by atoms with Gasteiger partial charge in [-0.15, -0.1) is 6.58 Å². The van der Waals surface area contributed by atoms with Crippen molar-refractivity contribution in [2.24, 2.45) is 7.05 Å². The molecule has 1 aliphatic heterocycles. The second kappa shape index (κ2) is 12.5. The number of halogens is 6. The van der Waals surface area contributed by atoms with Crippen LogP contribution in [-0.4, -0.2) is 81.4 Å². The van der Waals surface area contributed by atoms with Crippen molar-refractivity contribution >= 4 is 27.8 Å². The molecule has 3 heterocycles. The molecule has 0 radical (unpaired) electrons. The number of nitrogens with zero attached hydrogens (tertiary/aromatic N) is 5. The summed E-state index contributed by atoms with van der Waals surface area (Å²) in [6, 6.07) is 3.73. The number of carboxylic acid groups (broad SMARTS) is 2. The van der Waals surface area contributed by atoms with Crippen molar-refractivity contribution in [3.8, 4) is 0 Å². The number of hydrogen-bond acceptors (Lipinski definition) is 7. The Kier molecular flexibility index (Phi) is 10.6. The number of fused-ring (bicyclic) bond motifs is 1. The predicted octanol–water partition coefficient (Wildman–Crippen LogP) is 2.28. The van der Waals surface area contributed by atoms with E-state index in [0.717, 1.165) is 11.4 Å². The van der Waals surface area contributed by atoms with Crippen LogP contribution in [0.15, 0.2) is 48.5 Å². The Morgan fingerprint density at radius 1 is 1.08 bits per heavy atom. The third-order valence-corrected chi connectivity index (χ3v) is 5.98. The third kappa shape index (κ3) is 9.37. The van der Waals surface area contributed by atoms with Gasteiger partial charge in [0, 0.05) is 51.2 Å². The first-order valence-corrected chi connectivity index (χ1v) is 11.2. The fourth-order valence-electron chi connectivity index (χ4n) is 2.64. The topological polar surface area (TPSA) is 146 Å². The van der Waals surface area contributed by atoms with E-state index in [-0.39, 0.29) is 11.6 Å². The van der Waals surface area contributed by atoms with Gasteiger partial charge in [-0.25, -0.2) is 28.0 Å². The van der Waals surface area contributed by atoms with Gasteiger partial charge < -0.3 is 19.7 Å². The summed E-state index contributed by atoms with van der Waals surface area (Å²) in [5.74, 6) is -4.70. The zero-order valence-corrected chi connectivity index (χ0v) is 19.8. The zero-order valence-electron chi connectivity index (χ0n) is 18.9. The summed E-state index contributed by atoms with van der Waals surface area (Å²) >= 11 is 0. The number of carboxylic acids is 2. The first-order valence-electron chi connectivity index (χ1n) is 9.79. The number of aryl methyl sites for hydroxylation is 1. The number of aliphatic carboxylic acids is 2.